The molecule has 1 aliphatic rings. The molecule has 1 saturated heterocycles. The number of hydrogen-bond donors (Lipinski definition) is 2. The van der Waals surface area contributed by atoms with Crippen molar-refractivity contribution in [3.8, 4) is 0 Å². The van der Waals surface area contributed by atoms with E-state index in [0.29, 0.717) is 0 Å². The second-order valence-electron chi connectivity index (χ2n) is 3.30. The number of hydrogen-bond acceptors (Lipinski definition) is 4. The van der Waals surface area contributed by atoms with E-state index in [1.165, 1.54) is 0 Å². The van der Waals surface area contributed by atoms with E-state index in [4.69, 9.17) is 11.1 Å². The molecule has 0 bridgehead atoms. The molecule has 0 radical (unpaired) electrons. The number of amidine groups is 1. The zero-order valence-electron chi connectivity index (χ0n) is 7.08. The molecule has 0 aliphatic carbocycles. The average Bonchev–Trinajstić information content (AvgIpc) is 1.98. The molecule has 0 aromatic rings. The topological polar surface area (TPSA) is 84.0 Å². The molecule has 2 atom stereocenters. The van der Waals surface area contributed by atoms with E-state index in [1.54, 1.807) is 0 Å². The standard InChI is InChI=1S/C6H11BrN2O2S2/c1-6(12-5(8)9)3-13(10,11)2-4(6)7/h4H,2-3H2,1H3,(H3,8,9)/t4-,6+/m1/s1. The lowest BCUT2D eigenvalue weighted by molar-refractivity contribution is 0.601. The van der Waals surface area contributed by atoms with Crippen molar-refractivity contribution >= 4 is 42.7 Å². The molecule has 76 valence electrons. The number of alkyl halides is 1. The minimum Gasteiger partial charge on any atom is -0.379 e. The van der Waals surface area contributed by atoms with Gasteiger partial charge < -0.3 is 5.73 Å². The van der Waals surface area contributed by atoms with Gasteiger partial charge in [-0.2, -0.15) is 0 Å². The molecule has 7 heteroatoms. The molecule has 0 unspecified atom stereocenters. The van der Waals surface area contributed by atoms with Crippen LogP contribution >= 0.6 is 27.7 Å². The van der Waals surface area contributed by atoms with Gasteiger partial charge in [0.25, 0.3) is 0 Å². The van der Waals surface area contributed by atoms with Crippen LogP contribution in [-0.4, -0.2) is 34.7 Å². The SMILES string of the molecule is C[C@]1(SC(=N)N)CS(=O)(=O)C[C@H]1Br. The molecule has 0 spiro atoms. The summed E-state index contributed by atoms with van der Waals surface area (Å²) in [5, 5.41) is 7.09. The van der Waals surface area contributed by atoms with E-state index < -0.39 is 14.6 Å². The van der Waals surface area contributed by atoms with E-state index >= 15 is 0 Å². The van der Waals surface area contributed by atoms with E-state index in [1.807, 2.05) is 6.92 Å². The summed E-state index contributed by atoms with van der Waals surface area (Å²) in [6, 6.07) is 0. The third kappa shape index (κ3) is 2.60. The first-order valence-electron chi connectivity index (χ1n) is 3.63. The van der Waals surface area contributed by atoms with Crippen molar-refractivity contribution in [2.75, 3.05) is 11.5 Å². The van der Waals surface area contributed by atoms with Gasteiger partial charge in [-0.15, -0.1) is 0 Å². The lowest BCUT2D eigenvalue weighted by Gasteiger charge is -2.24. The Morgan fingerprint density at radius 3 is 2.62 bits per heavy atom. The lowest BCUT2D eigenvalue weighted by Crippen LogP contribution is -2.33. The molecule has 0 aromatic heterocycles. The van der Waals surface area contributed by atoms with Gasteiger partial charge in [0.05, 0.1) is 11.5 Å². The monoisotopic (exact) mass is 286 g/mol. The molecular weight excluding hydrogens is 276 g/mol. The molecular formula is C6H11BrN2O2S2. The first kappa shape index (κ1) is 11.3. The molecule has 0 saturated carbocycles. The second kappa shape index (κ2) is 3.43. The Labute approximate surface area is 90.2 Å². The minimum absolute atomic E-state index is 0.0379. The lowest BCUT2D eigenvalue weighted by atomic mass is 10.1. The number of thioether (sulfide) groups is 1. The number of sulfone groups is 1. The van der Waals surface area contributed by atoms with Crippen LogP contribution in [0.3, 0.4) is 0 Å². The molecule has 1 fully saturated rings. The van der Waals surface area contributed by atoms with Crippen molar-refractivity contribution in [3.05, 3.63) is 0 Å². The summed E-state index contributed by atoms with van der Waals surface area (Å²) in [7, 11) is -2.97. The first-order chi connectivity index (χ1) is 5.75. The summed E-state index contributed by atoms with van der Waals surface area (Å²) >= 11 is 4.42. The van der Waals surface area contributed by atoms with E-state index in [-0.39, 0.29) is 21.5 Å². The van der Waals surface area contributed by atoms with Crippen LogP contribution in [0.1, 0.15) is 6.92 Å². The largest absolute Gasteiger partial charge is 0.379 e. The highest BCUT2D eigenvalue weighted by Crippen LogP contribution is 2.40. The Morgan fingerprint density at radius 1 is 1.77 bits per heavy atom. The van der Waals surface area contributed by atoms with Crippen molar-refractivity contribution in [2.45, 2.75) is 16.5 Å². The smallest absolute Gasteiger partial charge is 0.152 e. The Hall–Kier alpha value is 0.250. The summed E-state index contributed by atoms with van der Waals surface area (Å²) in [6.45, 7) is 1.81. The summed E-state index contributed by atoms with van der Waals surface area (Å²) in [5.41, 5.74) is 5.24. The molecule has 1 aliphatic heterocycles. The van der Waals surface area contributed by atoms with Crippen LogP contribution < -0.4 is 5.73 Å². The molecule has 13 heavy (non-hydrogen) atoms. The predicted molar refractivity (Wildman–Crippen MR) is 59.3 cm³/mol. The fourth-order valence-corrected chi connectivity index (χ4v) is 6.79. The highest BCUT2D eigenvalue weighted by molar-refractivity contribution is 9.09. The van der Waals surface area contributed by atoms with Gasteiger partial charge in [0.15, 0.2) is 15.0 Å². The van der Waals surface area contributed by atoms with Crippen molar-refractivity contribution in [3.63, 3.8) is 0 Å². The summed E-state index contributed by atoms with van der Waals surface area (Å²) in [4.78, 5) is -0.126. The Morgan fingerprint density at radius 2 is 2.31 bits per heavy atom. The van der Waals surface area contributed by atoms with Crippen LogP contribution in [0.15, 0.2) is 0 Å². The van der Waals surface area contributed by atoms with Crippen molar-refractivity contribution in [1.82, 2.24) is 0 Å². The molecule has 3 N–H and O–H groups in total. The van der Waals surface area contributed by atoms with Crippen molar-refractivity contribution < 1.29 is 8.42 Å². The van der Waals surface area contributed by atoms with Crippen molar-refractivity contribution in [1.29, 1.82) is 5.41 Å². The van der Waals surface area contributed by atoms with E-state index in [2.05, 4.69) is 15.9 Å². The molecule has 1 heterocycles. The Balaban J connectivity index is 2.87. The third-order valence-electron chi connectivity index (χ3n) is 1.91. The number of nitrogens with one attached hydrogen (secondary N) is 1. The van der Waals surface area contributed by atoms with Gasteiger partial charge in [-0.25, -0.2) is 8.42 Å². The van der Waals surface area contributed by atoms with E-state index in [9.17, 15) is 8.42 Å². The quantitative estimate of drug-likeness (QED) is 0.419. The van der Waals surface area contributed by atoms with Crippen LogP contribution in [0.25, 0.3) is 0 Å². The maximum absolute atomic E-state index is 11.3. The van der Waals surface area contributed by atoms with E-state index in [0.717, 1.165) is 11.8 Å². The van der Waals surface area contributed by atoms with Gasteiger partial charge in [-0.3, -0.25) is 5.41 Å². The third-order valence-corrected chi connectivity index (χ3v) is 7.16. The number of halogens is 1. The van der Waals surface area contributed by atoms with Crippen molar-refractivity contribution in [2.24, 2.45) is 5.73 Å². The molecule has 0 amide bonds. The molecule has 4 nitrogen and oxygen atoms in total. The van der Waals surface area contributed by atoms with Gasteiger partial charge in [-0.1, -0.05) is 27.7 Å². The maximum atomic E-state index is 11.3. The fraction of sp³-hybridized carbons (Fsp3) is 0.833. The fourth-order valence-electron chi connectivity index (χ4n) is 1.33. The summed E-state index contributed by atoms with van der Waals surface area (Å²) < 4.78 is 22.1. The zero-order chi connectivity index (χ0) is 10.3. The second-order valence-corrected chi connectivity index (χ2v) is 8.09. The normalized spacial score (nSPS) is 37.5. The van der Waals surface area contributed by atoms with Gasteiger partial charge in [0, 0.05) is 9.57 Å². The predicted octanol–water partition coefficient (Wildman–Crippen LogP) is 0.564. The summed E-state index contributed by atoms with van der Waals surface area (Å²) in [5.74, 6) is 0.212. The number of rotatable bonds is 1. The van der Waals surface area contributed by atoms with Gasteiger partial charge in [0.2, 0.25) is 0 Å². The molecule has 1 rings (SSSR count). The Bertz CT molecular complexity index is 330. The van der Waals surface area contributed by atoms with Crippen LogP contribution in [0.5, 0.6) is 0 Å². The number of nitrogens with two attached hydrogens (primary N) is 1. The zero-order valence-corrected chi connectivity index (χ0v) is 10.3. The molecule has 0 aromatic carbocycles. The Kier molecular flexibility index (Phi) is 2.99. The van der Waals surface area contributed by atoms with Crippen LogP contribution in [-0.2, 0) is 9.84 Å². The first-order valence-corrected chi connectivity index (χ1v) is 7.18. The minimum atomic E-state index is -2.97. The maximum Gasteiger partial charge on any atom is 0.152 e. The van der Waals surface area contributed by atoms with Crippen LogP contribution in [0, 0.1) is 5.41 Å². The van der Waals surface area contributed by atoms with Gasteiger partial charge >= 0.3 is 0 Å². The highest BCUT2D eigenvalue weighted by atomic mass is 79.9. The van der Waals surface area contributed by atoms with Gasteiger partial charge in [-0.05, 0) is 6.92 Å². The highest BCUT2D eigenvalue weighted by Gasteiger charge is 2.46. The average molecular weight is 287 g/mol. The van der Waals surface area contributed by atoms with Crippen LogP contribution in [0.4, 0.5) is 0 Å². The van der Waals surface area contributed by atoms with Crippen LogP contribution in [0.2, 0.25) is 0 Å². The summed E-state index contributed by atoms with van der Waals surface area (Å²) in [6.07, 6.45) is 0. The van der Waals surface area contributed by atoms with Gasteiger partial charge in [0.1, 0.15) is 0 Å².